The number of hydrogen-bond acceptors (Lipinski definition) is 4. The summed E-state index contributed by atoms with van der Waals surface area (Å²) in [6.45, 7) is 1.36. The summed E-state index contributed by atoms with van der Waals surface area (Å²) in [5, 5.41) is 2.91. The van der Waals surface area contributed by atoms with Crippen LogP contribution in [0.3, 0.4) is 0 Å². The zero-order chi connectivity index (χ0) is 10.7. The van der Waals surface area contributed by atoms with Crippen LogP contribution in [0.4, 0.5) is 0 Å². The van der Waals surface area contributed by atoms with Crippen LogP contribution in [0.5, 0.6) is 0 Å². The lowest BCUT2D eigenvalue weighted by Gasteiger charge is -2.01. The van der Waals surface area contributed by atoms with Gasteiger partial charge >= 0.3 is 0 Å². The number of rotatable bonds is 3. The first kappa shape index (κ1) is 9.58. The molecule has 0 spiro atoms. The summed E-state index contributed by atoms with van der Waals surface area (Å²) >= 11 is 0. The highest BCUT2D eigenvalue weighted by atomic mass is 16.1. The molecule has 0 aromatic heterocycles. The van der Waals surface area contributed by atoms with Crippen LogP contribution in [0, 0.1) is 0 Å². The van der Waals surface area contributed by atoms with Crippen molar-refractivity contribution < 1.29 is 9.59 Å². The predicted molar refractivity (Wildman–Crippen MR) is 56.5 cm³/mol. The Kier molecular flexibility index (Phi) is 2.58. The van der Waals surface area contributed by atoms with E-state index in [1.54, 1.807) is 24.3 Å². The number of amidine groups is 1. The number of aliphatic imine (C=N–C) groups is 1. The topological polar surface area (TPSA) is 58.5 Å². The predicted octanol–water partition coefficient (Wildman–Crippen LogP) is 0.683. The Hall–Kier alpha value is -1.97. The Balaban J connectivity index is 2.22. The summed E-state index contributed by atoms with van der Waals surface area (Å²) in [5.74, 6) is 0.291. The maximum Gasteiger partial charge on any atom is 0.227 e. The molecule has 1 N–H and O–H groups in total. The minimum Gasteiger partial charge on any atom is -0.365 e. The average Bonchev–Trinajstić information content (AvgIpc) is 2.82. The Morgan fingerprint density at radius 1 is 1.33 bits per heavy atom. The van der Waals surface area contributed by atoms with Gasteiger partial charge in [-0.2, -0.15) is 0 Å². The van der Waals surface area contributed by atoms with Crippen LogP contribution in [0.15, 0.2) is 29.3 Å². The number of aldehydes is 1. The van der Waals surface area contributed by atoms with Crippen LogP contribution in [-0.4, -0.2) is 31.0 Å². The molecule has 76 valence electrons. The van der Waals surface area contributed by atoms with Crippen LogP contribution in [0.2, 0.25) is 0 Å². The zero-order valence-electron chi connectivity index (χ0n) is 8.06. The number of carbonyl (C=O) groups excluding carboxylic acids is 2. The SMILES string of the molecule is O=Cc1ccc(C(=O)C2=NCCN2)cc1. The van der Waals surface area contributed by atoms with E-state index in [2.05, 4.69) is 10.3 Å². The molecule has 15 heavy (non-hydrogen) atoms. The van der Waals surface area contributed by atoms with Gasteiger partial charge in [-0.15, -0.1) is 0 Å². The molecule has 0 unspecified atom stereocenters. The van der Waals surface area contributed by atoms with E-state index < -0.39 is 0 Å². The molecule has 1 aromatic carbocycles. The monoisotopic (exact) mass is 202 g/mol. The fourth-order valence-corrected chi connectivity index (χ4v) is 1.40. The third-order valence-corrected chi connectivity index (χ3v) is 2.20. The number of carbonyl (C=O) groups is 2. The molecular weight excluding hydrogens is 192 g/mol. The van der Waals surface area contributed by atoms with E-state index in [4.69, 9.17) is 0 Å². The number of nitrogens with one attached hydrogen (secondary N) is 1. The molecule has 0 atom stereocenters. The third-order valence-electron chi connectivity index (χ3n) is 2.20. The molecule has 4 nitrogen and oxygen atoms in total. The Labute approximate surface area is 87.0 Å². The lowest BCUT2D eigenvalue weighted by Crippen LogP contribution is -2.27. The second kappa shape index (κ2) is 4.04. The van der Waals surface area contributed by atoms with E-state index in [0.29, 0.717) is 30.1 Å². The van der Waals surface area contributed by atoms with Crippen molar-refractivity contribution >= 4 is 17.9 Å². The minimum absolute atomic E-state index is 0.120. The maximum atomic E-state index is 11.8. The number of ketones is 1. The molecular formula is C11H10N2O2. The molecule has 0 radical (unpaired) electrons. The summed E-state index contributed by atoms with van der Waals surface area (Å²) in [5.41, 5.74) is 1.11. The first-order chi connectivity index (χ1) is 7.31. The standard InChI is InChI=1S/C11H10N2O2/c14-7-8-1-3-9(4-2-8)10(15)11-12-5-6-13-11/h1-4,7H,5-6H2,(H,12,13). The van der Waals surface area contributed by atoms with E-state index in [9.17, 15) is 9.59 Å². The maximum absolute atomic E-state index is 11.8. The first-order valence-electron chi connectivity index (χ1n) is 4.69. The number of nitrogens with zero attached hydrogens (tertiary/aromatic N) is 1. The van der Waals surface area contributed by atoms with Crippen molar-refractivity contribution in [3.63, 3.8) is 0 Å². The average molecular weight is 202 g/mol. The number of hydrogen-bond donors (Lipinski definition) is 1. The van der Waals surface area contributed by atoms with Gasteiger partial charge in [-0.1, -0.05) is 24.3 Å². The molecule has 1 aromatic rings. The second-order valence-corrected chi connectivity index (χ2v) is 3.23. The van der Waals surface area contributed by atoms with Gasteiger partial charge in [-0.25, -0.2) is 0 Å². The summed E-state index contributed by atoms with van der Waals surface area (Å²) in [6.07, 6.45) is 0.750. The van der Waals surface area contributed by atoms with E-state index in [0.717, 1.165) is 6.29 Å². The Bertz CT molecular complexity index is 421. The van der Waals surface area contributed by atoms with Gasteiger partial charge in [0.1, 0.15) is 6.29 Å². The fraction of sp³-hybridized carbons (Fsp3) is 0.182. The molecule has 0 bridgehead atoms. The molecule has 0 amide bonds. The molecule has 0 aliphatic carbocycles. The van der Waals surface area contributed by atoms with Crippen molar-refractivity contribution in [2.24, 2.45) is 4.99 Å². The first-order valence-corrected chi connectivity index (χ1v) is 4.69. The van der Waals surface area contributed by atoms with Crippen molar-refractivity contribution in [2.75, 3.05) is 13.1 Å². The molecule has 4 heteroatoms. The fourth-order valence-electron chi connectivity index (χ4n) is 1.40. The lowest BCUT2D eigenvalue weighted by atomic mass is 10.1. The Morgan fingerprint density at radius 3 is 2.60 bits per heavy atom. The normalized spacial score (nSPS) is 14.3. The molecule has 1 aliphatic heterocycles. The van der Waals surface area contributed by atoms with Gasteiger partial charge in [-0.05, 0) is 0 Å². The molecule has 0 saturated heterocycles. The molecule has 1 heterocycles. The minimum atomic E-state index is -0.120. The van der Waals surface area contributed by atoms with Crippen LogP contribution in [-0.2, 0) is 0 Å². The van der Waals surface area contributed by atoms with Gasteiger partial charge in [0.05, 0.1) is 6.54 Å². The van der Waals surface area contributed by atoms with Gasteiger partial charge in [0, 0.05) is 17.7 Å². The van der Waals surface area contributed by atoms with Crippen LogP contribution in [0.1, 0.15) is 20.7 Å². The molecule has 2 rings (SSSR count). The van der Waals surface area contributed by atoms with E-state index in [-0.39, 0.29) is 5.78 Å². The van der Waals surface area contributed by atoms with Gasteiger partial charge in [0.2, 0.25) is 5.78 Å². The van der Waals surface area contributed by atoms with Crippen molar-refractivity contribution in [2.45, 2.75) is 0 Å². The van der Waals surface area contributed by atoms with E-state index in [1.165, 1.54) is 0 Å². The quantitative estimate of drug-likeness (QED) is 0.579. The van der Waals surface area contributed by atoms with Gasteiger partial charge in [0.15, 0.2) is 5.84 Å². The van der Waals surface area contributed by atoms with Crippen LogP contribution >= 0.6 is 0 Å². The second-order valence-electron chi connectivity index (χ2n) is 3.23. The molecule has 1 aliphatic rings. The van der Waals surface area contributed by atoms with E-state index >= 15 is 0 Å². The van der Waals surface area contributed by atoms with Gasteiger partial charge in [-0.3, -0.25) is 14.6 Å². The molecule has 0 saturated carbocycles. The molecule has 0 fully saturated rings. The van der Waals surface area contributed by atoms with Crippen molar-refractivity contribution in [1.29, 1.82) is 0 Å². The van der Waals surface area contributed by atoms with E-state index in [1.807, 2.05) is 0 Å². The highest BCUT2D eigenvalue weighted by Gasteiger charge is 2.16. The van der Waals surface area contributed by atoms with Crippen molar-refractivity contribution in [3.05, 3.63) is 35.4 Å². The number of benzene rings is 1. The van der Waals surface area contributed by atoms with Gasteiger partial charge < -0.3 is 5.32 Å². The summed E-state index contributed by atoms with van der Waals surface area (Å²) in [6, 6.07) is 6.51. The lowest BCUT2D eigenvalue weighted by molar-refractivity contribution is 0.106. The van der Waals surface area contributed by atoms with Gasteiger partial charge in [0.25, 0.3) is 0 Å². The smallest absolute Gasteiger partial charge is 0.227 e. The zero-order valence-corrected chi connectivity index (χ0v) is 8.06. The summed E-state index contributed by atoms with van der Waals surface area (Å²) in [4.78, 5) is 26.2. The summed E-state index contributed by atoms with van der Waals surface area (Å²) in [7, 11) is 0. The van der Waals surface area contributed by atoms with Crippen LogP contribution < -0.4 is 5.32 Å². The van der Waals surface area contributed by atoms with Crippen LogP contribution in [0.25, 0.3) is 0 Å². The Morgan fingerprint density at radius 2 is 2.07 bits per heavy atom. The third kappa shape index (κ3) is 1.93. The number of Topliss-reactive ketones (excluding diaryl/α,β-unsaturated/α-hetero) is 1. The van der Waals surface area contributed by atoms with Crippen molar-refractivity contribution in [3.8, 4) is 0 Å². The largest absolute Gasteiger partial charge is 0.365 e. The van der Waals surface area contributed by atoms with Crippen molar-refractivity contribution in [1.82, 2.24) is 5.32 Å². The highest BCUT2D eigenvalue weighted by molar-refractivity contribution is 6.45. The highest BCUT2D eigenvalue weighted by Crippen LogP contribution is 2.05. The summed E-state index contributed by atoms with van der Waals surface area (Å²) < 4.78 is 0.